The van der Waals surface area contributed by atoms with Gasteiger partial charge in [-0.05, 0) is 67.4 Å². The Hall–Kier alpha value is -5.14. The maximum absolute atomic E-state index is 12.3. The van der Waals surface area contributed by atoms with Crippen molar-refractivity contribution in [3.63, 3.8) is 0 Å². The summed E-state index contributed by atoms with van der Waals surface area (Å²) in [4.78, 5) is 32.9. The quantitative estimate of drug-likeness (QED) is 0.109. The van der Waals surface area contributed by atoms with Crippen LogP contribution in [-0.4, -0.2) is 34.4 Å². The van der Waals surface area contributed by atoms with Crippen molar-refractivity contribution in [3.8, 4) is 21.8 Å². The minimum atomic E-state index is -0.322. The minimum absolute atomic E-state index is 0.0522. The van der Waals surface area contributed by atoms with Crippen LogP contribution in [0.4, 0.5) is 5.69 Å². The van der Waals surface area contributed by atoms with Gasteiger partial charge in [-0.25, -0.2) is 4.98 Å². The molecule has 2 aromatic carbocycles. The Bertz CT molecular complexity index is 1840. The predicted octanol–water partition coefficient (Wildman–Crippen LogP) is 8.76. The van der Waals surface area contributed by atoms with Gasteiger partial charge in [0, 0.05) is 35.6 Å². The van der Waals surface area contributed by atoms with Gasteiger partial charge < -0.3 is 15.4 Å². The number of carbonyl (C=O) groups excluding carboxylic acids is 1. The number of anilines is 1. The number of likely N-dealkylation sites (N-methyl/N-ethyl adjacent to an activating group) is 1. The smallest absolute Gasteiger partial charge is 0.277 e. The molecule has 5 rings (SSSR count). The molecule has 0 aliphatic rings. The molecular weight excluding hydrogens is 615 g/mol. The van der Waals surface area contributed by atoms with Crippen molar-refractivity contribution in [1.82, 2.24) is 19.9 Å². The molecule has 8 heteroatoms. The first-order valence-electron chi connectivity index (χ1n) is 15.9. The maximum Gasteiger partial charge on any atom is 0.277 e. The fraction of sp³-hybridized carbons (Fsp3) is 0.225. The average molecular weight is 660 g/mol. The summed E-state index contributed by atoms with van der Waals surface area (Å²) in [6, 6.07) is 24.2. The predicted molar refractivity (Wildman–Crippen MR) is 202 cm³/mol. The molecule has 0 amide bonds. The number of hydrogen-bond acceptors (Lipinski definition) is 7. The van der Waals surface area contributed by atoms with Crippen LogP contribution in [-0.2, 0) is 11.3 Å². The molecule has 0 fully saturated rings. The number of aryl methyl sites for hydroxylation is 1. The van der Waals surface area contributed by atoms with Crippen molar-refractivity contribution in [2.75, 3.05) is 18.9 Å². The lowest BCUT2D eigenvalue weighted by molar-refractivity contribution is -0.108. The summed E-state index contributed by atoms with van der Waals surface area (Å²) in [6.07, 6.45) is 10.7. The molecule has 1 atom stereocenters. The highest BCUT2D eigenvalue weighted by Crippen LogP contribution is 2.25. The summed E-state index contributed by atoms with van der Waals surface area (Å²) in [7, 11) is 1.97. The molecule has 0 spiro atoms. The van der Waals surface area contributed by atoms with Gasteiger partial charge in [0.25, 0.3) is 5.56 Å². The highest BCUT2D eigenvalue weighted by molar-refractivity contribution is 7.13. The van der Waals surface area contributed by atoms with E-state index < -0.39 is 0 Å². The maximum atomic E-state index is 12.3. The molecule has 48 heavy (non-hydrogen) atoms. The average Bonchev–Trinajstić information content (AvgIpc) is 3.65. The number of rotatable bonds is 11. The summed E-state index contributed by atoms with van der Waals surface area (Å²) in [5, 5.41) is 8.00. The van der Waals surface area contributed by atoms with Crippen LogP contribution in [0.3, 0.4) is 0 Å². The summed E-state index contributed by atoms with van der Waals surface area (Å²) < 4.78 is 1.32. The van der Waals surface area contributed by atoms with Crippen LogP contribution in [0.1, 0.15) is 49.8 Å². The van der Waals surface area contributed by atoms with Gasteiger partial charge in [-0.1, -0.05) is 98.3 Å². The monoisotopic (exact) mass is 659 g/mol. The zero-order chi connectivity index (χ0) is 34.7. The molecule has 5 aromatic rings. The lowest BCUT2D eigenvalue weighted by Gasteiger charge is -2.12. The number of carbonyl (C=O) groups is 1. The molecule has 0 saturated carbocycles. The molecule has 0 aliphatic carbocycles. The second-order valence-corrected chi connectivity index (χ2v) is 12.1. The zero-order valence-corrected chi connectivity index (χ0v) is 29.3. The van der Waals surface area contributed by atoms with Gasteiger partial charge >= 0.3 is 0 Å². The van der Waals surface area contributed by atoms with Gasteiger partial charge in [0.1, 0.15) is 17.8 Å². The Morgan fingerprint density at radius 1 is 1.04 bits per heavy atom. The van der Waals surface area contributed by atoms with Crippen LogP contribution in [0.25, 0.3) is 27.9 Å². The van der Waals surface area contributed by atoms with Crippen molar-refractivity contribution in [3.05, 3.63) is 148 Å². The van der Waals surface area contributed by atoms with Crippen molar-refractivity contribution < 1.29 is 4.79 Å². The van der Waals surface area contributed by atoms with Crippen molar-refractivity contribution >= 4 is 29.4 Å². The first kappa shape index (κ1) is 37.3. The Kier molecular flexibility index (Phi) is 15.7. The number of hydrogen-bond donors (Lipinski definition) is 2. The van der Waals surface area contributed by atoms with Gasteiger partial charge in [-0.15, -0.1) is 17.1 Å². The molecule has 0 aliphatic heterocycles. The van der Waals surface area contributed by atoms with Gasteiger partial charge in [0.05, 0.1) is 12.7 Å². The lowest BCUT2D eigenvalue weighted by Crippen LogP contribution is -2.25. The van der Waals surface area contributed by atoms with Gasteiger partial charge in [0.15, 0.2) is 0 Å². The summed E-state index contributed by atoms with van der Waals surface area (Å²) in [5.74, 6) is 1.05. The van der Waals surface area contributed by atoms with E-state index in [4.69, 9.17) is 0 Å². The van der Waals surface area contributed by atoms with E-state index in [0.717, 1.165) is 18.5 Å². The molecule has 0 radical (unpaired) electrons. The van der Waals surface area contributed by atoms with Crippen LogP contribution in [0.2, 0.25) is 0 Å². The van der Waals surface area contributed by atoms with Crippen molar-refractivity contribution in [2.24, 2.45) is 0 Å². The van der Waals surface area contributed by atoms with E-state index in [-0.39, 0.29) is 17.8 Å². The minimum Gasteiger partial charge on any atom is -0.349 e. The fourth-order valence-electron chi connectivity index (χ4n) is 4.74. The van der Waals surface area contributed by atoms with Gasteiger partial charge in [0.2, 0.25) is 0 Å². The number of aldehydes is 1. The Labute approximate surface area is 288 Å². The van der Waals surface area contributed by atoms with E-state index in [1.807, 2.05) is 49.8 Å². The van der Waals surface area contributed by atoms with Crippen LogP contribution in [0.15, 0.2) is 126 Å². The van der Waals surface area contributed by atoms with Crippen LogP contribution in [0, 0.1) is 6.92 Å². The topological polar surface area (TPSA) is 88.9 Å². The number of benzene rings is 2. The molecule has 1 unspecified atom stereocenters. The number of thiophene rings is 1. The summed E-state index contributed by atoms with van der Waals surface area (Å²) >= 11 is 1.78. The molecule has 7 nitrogen and oxygen atoms in total. The lowest BCUT2D eigenvalue weighted by atomic mass is 9.94. The fourth-order valence-corrected chi connectivity index (χ4v) is 5.48. The third-order valence-electron chi connectivity index (χ3n) is 7.41. The number of nitrogens with one attached hydrogen (secondary N) is 2. The first-order chi connectivity index (χ1) is 23.3. The van der Waals surface area contributed by atoms with E-state index in [2.05, 4.69) is 115 Å². The molecule has 3 aromatic heterocycles. The van der Waals surface area contributed by atoms with Crippen LogP contribution >= 0.6 is 11.3 Å². The number of pyridine rings is 1. The largest absolute Gasteiger partial charge is 0.349 e. The Balaban J connectivity index is 0.000000201. The first-order valence-corrected chi connectivity index (χ1v) is 16.8. The van der Waals surface area contributed by atoms with E-state index in [0.29, 0.717) is 18.0 Å². The molecular formula is C40H45N5O2S. The molecule has 248 valence electrons. The molecule has 0 bridgehead atoms. The van der Waals surface area contributed by atoms with Crippen LogP contribution in [0.5, 0.6) is 0 Å². The second-order valence-electron chi connectivity index (χ2n) is 11.1. The molecule has 3 heterocycles. The van der Waals surface area contributed by atoms with E-state index in [9.17, 15) is 9.59 Å². The van der Waals surface area contributed by atoms with E-state index in [1.165, 1.54) is 49.7 Å². The van der Waals surface area contributed by atoms with Gasteiger partial charge in [-0.3, -0.25) is 14.3 Å². The third-order valence-corrected chi connectivity index (χ3v) is 8.33. The second kappa shape index (κ2) is 20.2. The summed E-state index contributed by atoms with van der Waals surface area (Å²) in [6.45, 7) is 13.0. The third kappa shape index (κ3) is 11.3. The number of nitrogens with zero attached hydrogens (tertiary/aromatic N) is 3. The highest BCUT2D eigenvalue weighted by Gasteiger charge is 2.11. The Morgan fingerprint density at radius 2 is 1.79 bits per heavy atom. The van der Waals surface area contributed by atoms with E-state index in [1.54, 1.807) is 11.3 Å². The molecule has 0 saturated heterocycles. The van der Waals surface area contributed by atoms with Gasteiger partial charge in [-0.2, -0.15) is 0 Å². The highest BCUT2D eigenvalue weighted by atomic mass is 32.1. The standard InChI is InChI=1S/C15H13N3O2.C14H22N2.C11H10S/c1-2-8-16-13-11-17-14(12-6-4-3-5-7-12)18(9-10-19)15(13)20;1-5-12(3)14-6-7-16-10-13(14)8-11(2)9-15-4;1-9-4-6-10(7-5-9)11-3-2-8-12-11/h3-8,10-11,16H,1,9H2;6-8,10,12,15H,5,9H2,1-4H3;2-8H,1H3/b;11-8+;. The van der Waals surface area contributed by atoms with Crippen molar-refractivity contribution in [1.29, 1.82) is 0 Å². The number of aromatic nitrogens is 3. The van der Waals surface area contributed by atoms with Crippen molar-refractivity contribution in [2.45, 2.75) is 46.6 Å². The molecule has 2 N–H and O–H groups in total. The normalized spacial score (nSPS) is 11.1. The Morgan fingerprint density at radius 3 is 2.42 bits per heavy atom. The van der Waals surface area contributed by atoms with Crippen LogP contribution < -0.4 is 16.2 Å². The zero-order valence-electron chi connectivity index (χ0n) is 28.4. The summed E-state index contributed by atoms with van der Waals surface area (Å²) in [5.41, 5.74) is 9.84. The SMILES string of the molecule is C=C=CNc1cnc(-c2ccccc2)n(CC=O)c1=O.CCC(C)c1ccncc1/C=C(\C)CNC.Cc1ccc(-c2cccs2)cc1. The van der Waals surface area contributed by atoms with E-state index >= 15 is 0 Å².